The molecular formula is C18H16F3N5O2. The largest absolute Gasteiger partial charge is 0.481 e. The van der Waals surface area contributed by atoms with Crippen LogP contribution < -0.4 is 5.32 Å². The first-order valence-corrected chi connectivity index (χ1v) is 8.25. The van der Waals surface area contributed by atoms with E-state index in [0.717, 1.165) is 17.8 Å². The van der Waals surface area contributed by atoms with Gasteiger partial charge in [0.05, 0.1) is 18.4 Å². The number of nitrogens with zero attached hydrogens (tertiary/aromatic N) is 4. The molecule has 2 aromatic heterocycles. The molecule has 0 bridgehead atoms. The summed E-state index contributed by atoms with van der Waals surface area (Å²) in [6.07, 6.45) is 0.0282. The Kier molecular flexibility index (Phi) is 5.30. The zero-order valence-electron chi connectivity index (χ0n) is 14.7. The molecule has 28 heavy (non-hydrogen) atoms. The Bertz CT molecular complexity index is 1000. The van der Waals surface area contributed by atoms with Crippen molar-refractivity contribution < 1.29 is 23.1 Å². The maximum atomic E-state index is 12.8. The van der Waals surface area contributed by atoms with Gasteiger partial charge in [-0.25, -0.2) is 15.0 Å². The van der Waals surface area contributed by atoms with E-state index < -0.39 is 17.8 Å². The number of imidazole rings is 1. The number of anilines is 2. The summed E-state index contributed by atoms with van der Waals surface area (Å²) < 4.78 is 40.1. The van der Waals surface area contributed by atoms with Crippen molar-refractivity contribution in [2.24, 2.45) is 0 Å². The van der Waals surface area contributed by atoms with Crippen LogP contribution in [0.1, 0.15) is 23.4 Å². The lowest BCUT2D eigenvalue weighted by molar-refractivity contribution is -0.141. The van der Waals surface area contributed by atoms with Crippen LogP contribution in [0, 0.1) is 6.92 Å². The summed E-state index contributed by atoms with van der Waals surface area (Å²) in [7, 11) is 0. The maximum absolute atomic E-state index is 12.8. The molecule has 10 heteroatoms. The third-order valence-corrected chi connectivity index (χ3v) is 3.79. The highest BCUT2D eigenvalue weighted by Gasteiger charge is 2.32. The molecule has 3 rings (SSSR count). The predicted octanol–water partition coefficient (Wildman–Crippen LogP) is 3.75. The Morgan fingerprint density at radius 3 is 2.75 bits per heavy atom. The smallest absolute Gasteiger partial charge is 0.433 e. The summed E-state index contributed by atoms with van der Waals surface area (Å²) in [4.78, 5) is 22.2. The van der Waals surface area contributed by atoms with E-state index >= 15 is 0 Å². The Balaban J connectivity index is 1.83. The van der Waals surface area contributed by atoms with Gasteiger partial charge in [0.2, 0.25) is 5.95 Å². The van der Waals surface area contributed by atoms with Crippen LogP contribution in [-0.4, -0.2) is 30.6 Å². The third-order valence-electron chi connectivity index (χ3n) is 3.79. The van der Waals surface area contributed by atoms with Gasteiger partial charge >= 0.3 is 12.1 Å². The van der Waals surface area contributed by atoms with Gasteiger partial charge in [0.15, 0.2) is 0 Å². The van der Waals surface area contributed by atoms with Crippen molar-refractivity contribution in [2.75, 3.05) is 5.32 Å². The van der Waals surface area contributed by atoms with Crippen LogP contribution in [0.2, 0.25) is 0 Å². The second-order valence-corrected chi connectivity index (χ2v) is 6.11. The van der Waals surface area contributed by atoms with E-state index in [1.807, 2.05) is 13.0 Å². The summed E-state index contributed by atoms with van der Waals surface area (Å²) >= 11 is 0. The SMILES string of the molecule is Cc1cc(Nc2nccc(C(F)(F)F)n2)cc(-n2cnc(CCC(=O)O)c2)c1. The van der Waals surface area contributed by atoms with Gasteiger partial charge in [-0.05, 0) is 36.8 Å². The fourth-order valence-corrected chi connectivity index (χ4v) is 2.56. The molecule has 0 amide bonds. The highest BCUT2D eigenvalue weighted by molar-refractivity contribution is 5.67. The number of carboxylic acids is 1. The summed E-state index contributed by atoms with van der Waals surface area (Å²) in [5.74, 6) is -1.07. The van der Waals surface area contributed by atoms with Crippen LogP contribution in [0.3, 0.4) is 0 Å². The molecule has 0 spiro atoms. The molecule has 2 heterocycles. The van der Waals surface area contributed by atoms with Crippen molar-refractivity contribution in [3.8, 4) is 5.69 Å². The van der Waals surface area contributed by atoms with E-state index in [4.69, 9.17) is 5.11 Å². The van der Waals surface area contributed by atoms with Crippen molar-refractivity contribution in [3.63, 3.8) is 0 Å². The molecule has 3 aromatic rings. The number of aryl methyl sites for hydroxylation is 2. The van der Waals surface area contributed by atoms with Gasteiger partial charge in [-0.15, -0.1) is 0 Å². The summed E-state index contributed by atoms with van der Waals surface area (Å²) in [6.45, 7) is 1.84. The maximum Gasteiger partial charge on any atom is 0.433 e. The van der Waals surface area contributed by atoms with Gasteiger partial charge in [0, 0.05) is 30.2 Å². The molecule has 1 aromatic carbocycles. The molecule has 0 fully saturated rings. The van der Waals surface area contributed by atoms with Gasteiger partial charge < -0.3 is 15.0 Å². The lowest BCUT2D eigenvalue weighted by atomic mass is 10.2. The molecule has 0 aliphatic carbocycles. The van der Waals surface area contributed by atoms with Crippen LogP contribution >= 0.6 is 0 Å². The Morgan fingerprint density at radius 1 is 1.25 bits per heavy atom. The van der Waals surface area contributed by atoms with Gasteiger partial charge in [0.25, 0.3) is 0 Å². The topological polar surface area (TPSA) is 92.9 Å². The summed E-state index contributed by atoms with van der Waals surface area (Å²) in [5.41, 5.74) is 1.67. The van der Waals surface area contributed by atoms with E-state index in [1.54, 1.807) is 29.2 Å². The molecule has 7 nitrogen and oxygen atoms in total. The number of aromatic nitrogens is 4. The lowest BCUT2D eigenvalue weighted by Crippen LogP contribution is -2.10. The minimum Gasteiger partial charge on any atom is -0.481 e. The highest BCUT2D eigenvalue weighted by atomic mass is 19.4. The zero-order chi connectivity index (χ0) is 20.3. The molecule has 0 atom stereocenters. The number of hydrogen-bond acceptors (Lipinski definition) is 5. The molecule has 0 radical (unpaired) electrons. The van der Waals surface area contributed by atoms with E-state index in [0.29, 0.717) is 23.5 Å². The van der Waals surface area contributed by atoms with Crippen molar-refractivity contribution in [1.29, 1.82) is 0 Å². The molecule has 0 saturated heterocycles. The van der Waals surface area contributed by atoms with Crippen molar-refractivity contribution in [2.45, 2.75) is 25.9 Å². The Hall–Kier alpha value is -3.43. The zero-order valence-corrected chi connectivity index (χ0v) is 14.7. The van der Waals surface area contributed by atoms with Crippen LogP contribution in [-0.2, 0) is 17.4 Å². The molecule has 0 aliphatic rings. The van der Waals surface area contributed by atoms with Gasteiger partial charge in [-0.2, -0.15) is 13.2 Å². The molecule has 146 valence electrons. The van der Waals surface area contributed by atoms with E-state index in [2.05, 4.69) is 20.3 Å². The number of carbonyl (C=O) groups is 1. The lowest BCUT2D eigenvalue weighted by Gasteiger charge is -2.11. The highest BCUT2D eigenvalue weighted by Crippen LogP contribution is 2.28. The number of rotatable bonds is 6. The van der Waals surface area contributed by atoms with Crippen LogP contribution in [0.15, 0.2) is 43.0 Å². The minimum atomic E-state index is -4.56. The standard InChI is InChI=1S/C18H16F3N5O2/c1-11-6-13(24-17-22-5-4-15(25-17)18(19,20)21)8-14(7-11)26-9-12(23-10-26)2-3-16(27)28/h4-10H,2-3H2,1H3,(H,27,28)(H,22,24,25). The number of carboxylic acid groups (broad SMARTS) is 1. The average Bonchev–Trinajstić information content (AvgIpc) is 3.08. The summed E-state index contributed by atoms with van der Waals surface area (Å²) in [5, 5.41) is 11.5. The molecular weight excluding hydrogens is 375 g/mol. The number of halogens is 3. The van der Waals surface area contributed by atoms with Crippen LogP contribution in [0.4, 0.5) is 24.8 Å². The second-order valence-electron chi connectivity index (χ2n) is 6.11. The minimum absolute atomic E-state index is 0.0233. The average molecular weight is 391 g/mol. The molecule has 0 aliphatic heterocycles. The van der Waals surface area contributed by atoms with E-state index in [-0.39, 0.29) is 12.4 Å². The first-order valence-electron chi connectivity index (χ1n) is 8.25. The van der Waals surface area contributed by atoms with Crippen molar-refractivity contribution >= 4 is 17.6 Å². The van der Waals surface area contributed by atoms with Crippen molar-refractivity contribution in [1.82, 2.24) is 19.5 Å². The number of aliphatic carboxylic acids is 1. The fourth-order valence-electron chi connectivity index (χ4n) is 2.56. The first-order chi connectivity index (χ1) is 13.2. The molecule has 2 N–H and O–H groups in total. The monoisotopic (exact) mass is 391 g/mol. The van der Waals surface area contributed by atoms with Gasteiger partial charge in [0.1, 0.15) is 5.69 Å². The van der Waals surface area contributed by atoms with E-state index in [1.165, 1.54) is 0 Å². The van der Waals surface area contributed by atoms with Crippen molar-refractivity contribution in [3.05, 3.63) is 59.9 Å². The van der Waals surface area contributed by atoms with Gasteiger partial charge in [-0.1, -0.05) is 0 Å². The normalized spacial score (nSPS) is 11.4. The number of nitrogens with one attached hydrogen (secondary N) is 1. The van der Waals surface area contributed by atoms with Gasteiger partial charge in [-0.3, -0.25) is 4.79 Å². The van der Waals surface area contributed by atoms with Crippen LogP contribution in [0.25, 0.3) is 5.69 Å². The number of hydrogen-bond donors (Lipinski definition) is 2. The summed E-state index contributed by atoms with van der Waals surface area (Å²) in [6, 6.07) is 6.12. The molecule has 0 saturated carbocycles. The predicted molar refractivity (Wildman–Crippen MR) is 94.6 cm³/mol. The molecule has 0 unspecified atom stereocenters. The van der Waals surface area contributed by atoms with E-state index in [9.17, 15) is 18.0 Å². The Morgan fingerprint density at radius 2 is 2.04 bits per heavy atom. The first kappa shape index (κ1) is 19.3. The Labute approximate surface area is 157 Å². The fraction of sp³-hybridized carbons (Fsp3) is 0.222. The number of benzene rings is 1. The third kappa shape index (κ3) is 4.84. The second kappa shape index (κ2) is 7.67. The quantitative estimate of drug-likeness (QED) is 0.665. The number of alkyl halides is 3. The van der Waals surface area contributed by atoms with Crippen LogP contribution in [0.5, 0.6) is 0 Å².